The van der Waals surface area contributed by atoms with Crippen LogP contribution in [-0.2, 0) is 16.4 Å². The number of hydrogen-bond donors (Lipinski definition) is 1. The molecule has 2 aromatic rings. The Morgan fingerprint density at radius 3 is 2.80 bits per heavy atom. The molecule has 2 rings (SSSR count). The number of ether oxygens (including phenoxy) is 1. The van der Waals surface area contributed by atoms with Crippen LogP contribution in [0.3, 0.4) is 0 Å². The number of halogens is 1. The van der Waals surface area contributed by atoms with Gasteiger partial charge in [-0.1, -0.05) is 6.07 Å². The van der Waals surface area contributed by atoms with Crippen LogP contribution in [0.25, 0.3) is 0 Å². The van der Waals surface area contributed by atoms with E-state index < -0.39 is 10.0 Å². The second-order valence-electron chi connectivity index (χ2n) is 4.04. The molecule has 1 N–H and O–H groups in total. The fourth-order valence-corrected chi connectivity index (χ4v) is 3.82. The second kappa shape index (κ2) is 6.34. The third-order valence-electron chi connectivity index (χ3n) is 2.69. The molecule has 0 saturated heterocycles. The molecular weight excluding hydrogens is 301 g/mol. The van der Waals surface area contributed by atoms with Crippen LogP contribution in [-0.4, -0.2) is 22.1 Å². The number of benzene rings is 1. The van der Waals surface area contributed by atoms with Gasteiger partial charge >= 0.3 is 0 Å². The van der Waals surface area contributed by atoms with Crippen LogP contribution in [0, 0.1) is 5.82 Å². The summed E-state index contributed by atoms with van der Waals surface area (Å²) >= 11 is 1.15. The highest BCUT2D eigenvalue weighted by atomic mass is 32.2. The summed E-state index contributed by atoms with van der Waals surface area (Å²) in [5, 5.41) is 1.70. The zero-order valence-corrected chi connectivity index (χ0v) is 12.4. The van der Waals surface area contributed by atoms with Gasteiger partial charge in [0.2, 0.25) is 10.0 Å². The summed E-state index contributed by atoms with van der Waals surface area (Å²) < 4.78 is 44.8. The van der Waals surface area contributed by atoms with Crippen molar-refractivity contribution in [3.05, 3.63) is 47.1 Å². The first kappa shape index (κ1) is 15.0. The van der Waals surface area contributed by atoms with E-state index in [9.17, 15) is 12.8 Å². The Balaban J connectivity index is 2.02. The van der Waals surface area contributed by atoms with E-state index >= 15 is 0 Å². The van der Waals surface area contributed by atoms with Gasteiger partial charge in [0, 0.05) is 6.54 Å². The van der Waals surface area contributed by atoms with E-state index in [2.05, 4.69) is 4.72 Å². The average molecular weight is 315 g/mol. The molecule has 7 heteroatoms. The SMILES string of the molecule is COc1ccc(F)cc1CCNS(=O)(=O)c1cccs1. The molecule has 1 aromatic carbocycles. The van der Waals surface area contributed by atoms with Gasteiger partial charge in [-0.15, -0.1) is 11.3 Å². The Morgan fingerprint density at radius 1 is 1.35 bits per heavy atom. The van der Waals surface area contributed by atoms with E-state index in [1.807, 2.05) is 0 Å². The number of rotatable bonds is 6. The van der Waals surface area contributed by atoms with Crippen molar-refractivity contribution in [2.45, 2.75) is 10.6 Å². The topological polar surface area (TPSA) is 55.4 Å². The lowest BCUT2D eigenvalue weighted by Crippen LogP contribution is -2.25. The summed E-state index contributed by atoms with van der Waals surface area (Å²) in [6.45, 7) is 0.181. The Labute approximate surface area is 121 Å². The zero-order valence-electron chi connectivity index (χ0n) is 10.8. The molecule has 108 valence electrons. The fraction of sp³-hybridized carbons (Fsp3) is 0.231. The molecule has 0 radical (unpaired) electrons. The minimum Gasteiger partial charge on any atom is -0.496 e. The summed E-state index contributed by atoms with van der Waals surface area (Å²) in [7, 11) is -1.99. The molecular formula is C13H14FNO3S2. The Morgan fingerprint density at radius 2 is 2.15 bits per heavy atom. The number of nitrogens with one attached hydrogen (secondary N) is 1. The van der Waals surface area contributed by atoms with Gasteiger partial charge in [-0.2, -0.15) is 0 Å². The van der Waals surface area contributed by atoms with E-state index in [1.165, 1.54) is 31.4 Å². The highest BCUT2D eigenvalue weighted by Crippen LogP contribution is 2.20. The van der Waals surface area contributed by atoms with Crippen molar-refractivity contribution in [3.8, 4) is 5.75 Å². The van der Waals surface area contributed by atoms with E-state index in [0.29, 0.717) is 17.7 Å². The summed E-state index contributed by atoms with van der Waals surface area (Å²) in [6, 6.07) is 7.39. The molecule has 0 bridgehead atoms. The quantitative estimate of drug-likeness (QED) is 0.890. The van der Waals surface area contributed by atoms with Crippen LogP contribution in [0.2, 0.25) is 0 Å². The van der Waals surface area contributed by atoms with Gasteiger partial charge in [0.1, 0.15) is 15.8 Å². The van der Waals surface area contributed by atoms with Crippen molar-refractivity contribution in [2.24, 2.45) is 0 Å². The van der Waals surface area contributed by atoms with Crippen LogP contribution in [0.4, 0.5) is 4.39 Å². The molecule has 0 amide bonds. The molecule has 1 aromatic heterocycles. The monoisotopic (exact) mass is 315 g/mol. The molecule has 0 saturated carbocycles. The highest BCUT2D eigenvalue weighted by Gasteiger charge is 2.14. The van der Waals surface area contributed by atoms with Crippen molar-refractivity contribution in [2.75, 3.05) is 13.7 Å². The molecule has 0 unspecified atom stereocenters. The van der Waals surface area contributed by atoms with Crippen LogP contribution < -0.4 is 9.46 Å². The Bertz CT molecular complexity index is 669. The van der Waals surface area contributed by atoms with Gasteiger partial charge in [0.15, 0.2) is 0 Å². The van der Waals surface area contributed by atoms with E-state index in [1.54, 1.807) is 11.4 Å². The molecule has 0 aliphatic carbocycles. The van der Waals surface area contributed by atoms with Crippen molar-refractivity contribution < 1.29 is 17.5 Å². The number of methoxy groups -OCH3 is 1. The molecule has 0 aliphatic rings. The van der Waals surface area contributed by atoms with Crippen molar-refractivity contribution >= 4 is 21.4 Å². The maximum atomic E-state index is 13.2. The van der Waals surface area contributed by atoms with Crippen molar-refractivity contribution in [1.29, 1.82) is 0 Å². The predicted molar refractivity (Wildman–Crippen MR) is 76.2 cm³/mol. The van der Waals surface area contributed by atoms with Gasteiger partial charge in [-0.05, 0) is 41.6 Å². The first-order valence-electron chi connectivity index (χ1n) is 5.88. The molecule has 0 spiro atoms. The first-order chi connectivity index (χ1) is 9.53. The van der Waals surface area contributed by atoms with E-state index in [4.69, 9.17) is 4.74 Å². The third kappa shape index (κ3) is 3.56. The molecule has 0 aliphatic heterocycles. The van der Waals surface area contributed by atoms with Crippen LogP contribution >= 0.6 is 11.3 Å². The van der Waals surface area contributed by atoms with Gasteiger partial charge in [0.25, 0.3) is 0 Å². The van der Waals surface area contributed by atoms with Gasteiger partial charge in [-0.3, -0.25) is 0 Å². The molecule has 0 atom stereocenters. The summed E-state index contributed by atoms with van der Waals surface area (Å²) in [4.78, 5) is 0. The first-order valence-corrected chi connectivity index (χ1v) is 8.25. The zero-order chi connectivity index (χ0) is 14.6. The van der Waals surface area contributed by atoms with Gasteiger partial charge < -0.3 is 4.74 Å². The summed E-state index contributed by atoms with van der Waals surface area (Å²) in [5.74, 6) is 0.170. The largest absolute Gasteiger partial charge is 0.496 e. The number of sulfonamides is 1. The minimum atomic E-state index is -3.48. The lowest BCUT2D eigenvalue weighted by Gasteiger charge is -2.09. The molecule has 20 heavy (non-hydrogen) atoms. The summed E-state index contributed by atoms with van der Waals surface area (Å²) in [6.07, 6.45) is 0.353. The Kier molecular flexibility index (Phi) is 4.74. The molecule has 4 nitrogen and oxygen atoms in total. The standard InChI is InChI=1S/C13H14FNO3S2/c1-18-12-5-4-11(14)9-10(12)6-7-15-20(16,17)13-3-2-8-19-13/h2-5,8-9,15H,6-7H2,1H3. The molecule has 0 fully saturated rings. The Hall–Kier alpha value is -1.44. The lowest BCUT2D eigenvalue weighted by atomic mass is 10.1. The average Bonchev–Trinajstić information content (AvgIpc) is 2.93. The fourth-order valence-electron chi connectivity index (χ4n) is 1.75. The lowest BCUT2D eigenvalue weighted by molar-refractivity contribution is 0.408. The second-order valence-corrected chi connectivity index (χ2v) is 6.98. The van der Waals surface area contributed by atoms with Gasteiger partial charge in [-0.25, -0.2) is 17.5 Å². The molecule has 1 heterocycles. The predicted octanol–water partition coefficient (Wildman–Crippen LogP) is 2.42. The van der Waals surface area contributed by atoms with Crippen molar-refractivity contribution in [3.63, 3.8) is 0 Å². The number of thiophene rings is 1. The van der Waals surface area contributed by atoms with Crippen LogP contribution in [0.1, 0.15) is 5.56 Å². The maximum absolute atomic E-state index is 13.2. The van der Waals surface area contributed by atoms with Gasteiger partial charge in [0.05, 0.1) is 7.11 Å². The van der Waals surface area contributed by atoms with E-state index in [0.717, 1.165) is 11.3 Å². The van der Waals surface area contributed by atoms with Crippen LogP contribution in [0.15, 0.2) is 39.9 Å². The number of hydrogen-bond acceptors (Lipinski definition) is 4. The third-order valence-corrected chi connectivity index (χ3v) is 5.55. The van der Waals surface area contributed by atoms with E-state index in [-0.39, 0.29) is 16.6 Å². The highest BCUT2D eigenvalue weighted by molar-refractivity contribution is 7.91. The van der Waals surface area contributed by atoms with Crippen LogP contribution in [0.5, 0.6) is 5.75 Å². The minimum absolute atomic E-state index is 0.181. The maximum Gasteiger partial charge on any atom is 0.250 e. The summed E-state index contributed by atoms with van der Waals surface area (Å²) in [5.41, 5.74) is 0.626. The normalized spacial score (nSPS) is 11.5. The smallest absolute Gasteiger partial charge is 0.250 e. The van der Waals surface area contributed by atoms with Crippen molar-refractivity contribution in [1.82, 2.24) is 4.72 Å².